The molecule has 0 radical (unpaired) electrons. The maximum atomic E-state index is 6.17. The first-order chi connectivity index (χ1) is 9.20. The van der Waals surface area contributed by atoms with E-state index in [-0.39, 0.29) is 0 Å². The van der Waals surface area contributed by atoms with Crippen molar-refractivity contribution in [2.75, 3.05) is 7.05 Å². The Morgan fingerprint density at radius 3 is 2.47 bits per heavy atom. The van der Waals surface area contributed by atoms with Crippen LogP contribution in [0.3, 0.4) is 0 Å². The standard InChI is InChI=1S/C15H15Cl2NS/c1-18-9-11-5-7-13(8-6-11)19-10-12-3-2-4-14(16)15(12)17/h2-8,18H,9-10H2,1H3. The van der Waals surface area contributed by atoms with Gasteiger partial charge < -0.3 is 5.32 Å². The molecule has 0 saturated carbocycles. The summed E-state index contributed by atoms with van der Waals surface area (Å²) in [5, 5.41) is 4.41. The molecule has 0 spiro atoms. The van der Waals surface area contributed by atoms with E-state index in [9.17, 15) is 0 Å². The Morgan fingerprint density at radius 2 is 1.79 bits per heavy atom. The van der Waals surface area contributed by atoms with Crippen molar-refractivity contribution >= 4 is 35.0 Å². The van der Waals surface area contributed by atoms with Crippen molar-refractivity contribution in [3.63, 3.8) is 0 Å². The van der Waals surface area contributed by atoms with Crippen LogP contribution in [0.1, 0.15) is 11.1 Å². The number of hydrogen-bond donors (Lipinski definition) is 1. The Morgan fingerprint density at radius 1 is 1.05 bits per heavy atom. The van der Waals surface area contributed by atoms with Crippen LogP contribution in [0.15, 0.2) is 47.4 Å². The summed E-state index contributed by atoms with van der Waals surface area (Å²) in [6, 6.07) is 14.3. The number of nitrogens with one attached hydrogen (secondary N) is 1. The second-order valence-corrected chi connectivity index (χ2v) is 6.01. The van der Waals surface area contributed by atoms with Crippen molar-refractivity contribution in [2.45, 2.75) is 17.2 Å². The molecule has 0 aliphatic heterocycles. The fourth-order valence-electron chi connectivity index (χ4n) is 1.73. The van der Waals surface area contributed by atoms with Crippen LogP contribution in [0.25, 0.3) is 0 Å². The molecule has 4 heteroatoms. The molecule has 100 valence electrons. The van der Waals surface area contributed by atoms with Crippen LogP contribution >= 0.6 is 35.0 Å². The third kappa shape index (κ3) is 4.15. The molecule has 0 aromatic heterocycles. The molecule has 0 heterocycles. The lowest BCUT2D eigenvalue weighted by molar-refractivity contribution is 0.817. The highest BCUT2D eigenvalue weighted by molar-refractivity contribution is 7.98. The Hall–Kier alpha value is -0.670. The first-order valence-corrected chi connectivity index (χ1v) is 7.74. The van der Waals surface area contributed by atoms with E-state index in [1.807, 2.05) is 25.2 Å². The Kier molecular flexibility index (Phi) is 5.59. The van der Waals surface area contributed by atoms with E-state index >= 15 is 0 Å². The zero-order valence-corrected chi connectivity index (χ0v) is 12.9. The normalized spacial score (nSPS) is 10.7. The summed E-state index contributed by atoms with van der Waals surface area (Å²) in [5.74, 6) is 0.824. The van der Waals surface area contributed by atoms with Crippen molar-refractivity contribution in [1.29, 1.82) is 0 Å². The van der Waals surface area contributed by atoms with Gasteiger partial charge in [-0.05, 0) is 36.4 Å². The molecule has 0 saturated heterocycles. The fourth-order valence-corrected chi connectivity index (χ4v) is 3.09. The van der Waals surface area contributed by atoms with Gasteiger partial charge in [-0.25, -0.2) is 0 Å². The van der Waals surface area contributed by atoms with Gasteiger partial charge in [-0.2, -0.15) is 0 Å². The molecule has 0 amide bonds. The van der Waals surface area contributed by atoms with E-state index in [0.717, 1.165) is 17.9 Å². The van der Waals surface area contributed by atoms with E-state index in [0.29, 0.717) is 10.0 Å². The van der Waals surface area contributed by atoms with Gasteiger partial charge in [-0.3, -0.25) is 0 Å². The van der Waals surface area contributed by atoms with Crippen molar-refractivity contribution < 1.29 is 0 Å². The lowest BCUT2D eigenvalue weighted by Crippen LogP contribution is -2.04. The summed E-state index contributed by atoms with van der Waals surface area (Å²) in [4.78, 5) is 1.23. The summed E-state index contributed by atoms with van der Waals surface area (Å²) < 4.78 is 0. The smallest absolute Gasteiger partial charge is 0.0632 e. The Labute approximate surface area is 128 Å². The van der Waals surface area contributed by atoms with E-state index in [1.54, 1.807) is 11.8 Å². The maximum absolute atomic E-state index is 6.17. The van der Waals surface area contributed by atoms with Crippen molar-refractivity contribution in [2.24, 2.45) is 0 Å². The first-order valence-electron chi connectivity index (χ1n) is 6.00. The summed E-state index contributed by atoms with van der Waals surface area (Å²) in [7, 11) is 1.95. The maximum Gasteiger partial charge on any atom is 0.0632 e. The topological polar surface area (TPSA) is 12.0 Å². The lowest BCUT2D eigenvalue weighted by atomic mass is 10.2. The highest BCUT2D eigenvalue weighted by atomic mass is 35.5. The molecule has 0 unspecified atom stereocenters. The van der Waals surface area contributed by atoms with Crippen molar-refractivity contribution in [1.82, 2.24) is 5.32 Å². The molecule has 1 N–H and O–H groups in total. The molecular formula is C15H15Cl2NS. The van der Waals surface area contributed by atoms with Gasteiger partial charge in [-0.15, -0.1) is 11.8 Å². The van der Waals surface area contributed by atoms with Gasteiger partial charge in [-0.1, -0.05) is 47.5 Å². The molecule has 0 fully saturated rings. The third-order valence-electron chi connectivity index (χ3n) is 2.73. The second-order valence-electron chi connectivity index (χ2n) is 4.18. The predicted molar refractivity (Wildman–Crippen MR) is 85.2 cm³/mol. The van der Waals surface area contributed by atoms with E-state index in [1.165, 1.54) is 10.5 Å². The highest BCUT2D eigenvalue weighted by Gasteiger charge is 2.04. The van der Waals surface area contributed by atoms with Gasteiger partial charge in [0, 0.05) is 17.2 Å². The Bertz CT molecular complexity index is 540. The minimum absolute atomic E-state index is 0.615. The number of benzene rings is 2. The third-order valence-corrected chi connectivity index (χ3v) is 4.65. The van der Waals surface area contributed by atoms with E-state index < -0.39 is 0 Å². The zero-order valence-electron chi connectivity index (χ0n) is 10.6. The van der Waals surface area contributed by atoms with Crippen LogP contribution in [0, 0.1) is 0 Å². The van der Waals surface area contributed by atoms with E-state index in [2.05, 4.69) is 29.6 Å². The predicted octanol–water partition coefficient (Wildman–Crippen LogP) is 5.01. The molecule has 0 atom stereocenters. The monoisotopic (exact) mass is 311 g/mol. The highest BCUT2D eigenvalue weighted by Crippen LogP contribution is 2.31. The number of hydrogen-bond acceptors (Lipinski definition) is 2. The van der Waals surface area contributed by atoms with E-state index in [4.69, 9.17) is 23.2 Å². The first kappa shape index (κ1) is 14.7. The van der Waals surface area contributed by atoms with Crippen LogP contribution in [-0.4, -0.2) is 7.05 Å². The van der Waals surface area contributed by atoms with Gasteiger partial charge in [0.1, 0.15) is 0 Å². The largest absolute Gasteiger partial charge is 0.316 e. The van der Waals surface area contributed by atoms with Gasteiger partial charge in [0.15, 0.2) is 0 Å². The summed E-state index contributed by atoms with van der Waals surface area (Å²) in [6.45, 7) is 0.894. The molecule has 0 aliphatic rings. The Balaban J connectivity index is 2.00. The molecule has 1 nitrogen and oxygen atoms in total. The van der Waals surface area contributed by atoms with Gasteiger partial charge in [0.2, 0.25) is 0 Å². The second kappa shape index (κ2) is 7.20. The molecule has 19 heavy (non-hydrogen) atoms. The van der Waals surface area contributed by atoms with Crippen LogP contribution in [0.5, 0.6) is 0 Å². The lowest BCUT2D eigenvalue weighted by Gasteiger charge is -2.06. The quantitative estimate of drug-likeness (QED) is 0.779. The molecule has 2 rings (SSSR count). The van der Waals surface area contributed by atoms with Crippen LogP contribution in [0.2, 0.25) is 10.0 Å². The molecule has 2 aromatic rings. The molecule has 0 bridgehead atoms. The SMILES string of the molecule is CNCc1ccc(SCc2cccc(Cl)c2Cl)cc1. The number of thioether (sulfide) groups is 1. The summed E-state index contributed by atoms with van der Waals surface area (Å²) in [6.07, 6.45) is 0. The zero-order chi connectivity index (χ0) is 13.7. The van der Waals surface area contributed by atoms with Gasteiger partial charge in [0.25, 0.3) is 0 Å². The summed E-state index contributed by atoms with van der Waals surface area (Å²) in [5.41, 5.74) is 2.35. The van der Waals surface area contributed by atoms with Crippen LogP contribution < -0.4 is 5.32 Å². The molecule has 0 aliphatic carbocycles. The average molecular weight is 312 g/mol. The number of halogens is 2. The number of rotatable bonds is 5. The summed E-state index contributed by atoms with van der Waals surface area (Å²) >= 11 is 13.9. The van der Waals surface area contributed by atoms with Crippen LogP contribution in [-0.2, 0) is 12.3 Å². The van der Waals surface area contributed by atoms with Gasteiger partial charge in [0.05, 0.1) is 10.0 Å². The minimum atomic E-state index is 0.615. The van der Waals surface area contributed by atoms with Crippen LogP contribution in [0.4, 0.5) is 0 Å². The van der Waals surface area contributed by atoms with Crippen molar-refractivity contribution in [3.8, 4) is 0 Å². The molecule has 2 aromatic carbocycles. The molecular weight excluding hydrogens is 297 g/mol. The van der Waals surface area contributed by atoms with Crippen molar-refractivity contribution in [3.05, 3.63) is 63.6 Å². The van der Waals surface area contributed by atoms with Gasteiger partial charge >= 0.3 is 0 Å². The minimum Gasteiger partial charge on any atom is -0.316 e. The fraction of sp³-hybridized carbons (Fsp3) is 0.200. The average Bonchev–Trinajstić information content (AvgIpc) is 2.42.